The quantitative estimate of drug-likeness (QED) is 0.546. The molecule has 0 fully saturated rings. The lowest BCUT2D eigenvalue weighted by molar-refractivity contribution is 1.47. The van der Waals surface area contributed by atoms with Crippen molar-refractivity contribution in [2.75, 3.05) is 3.53 Å². The van der Waals surface area contributed by atoms with Gasteiger partial charge in [-0.05, 0) is 43.6 Å². The molecule has 1 aliphatic heterocycles. The summed E-state index contributed by atoms with van der Waals surface area (Å²) in [6, 6.07) is 6.55. The van der Waals surface area contributed by atoms with E-state index in [1.807, 2.05) is 0 Å². The Balaban J connectivity index is 2.59. The van der Waals surface area contributed by atoms with Crippen LogP contribution in [0.2, 0.25) is 0 Å². The summed E-state index contributed by atoms with van der Waals surface area (Å²) in [6.45, 7) is 2.12. The highest BCUT2D eigenvalue weighted by molar-refractivity contribution is 14.2. The summed E-state index contributed by atoms with van der Waals surface area (Å²) in [4.78, 5) is 0. The van der Waals surface area contributed by atoms with Gasteiger partial charge in [-0.1, -0.05) is 12.1 Å². The fourth-order valence-electron chi connectivity index (χ4n) is 0.992. The summed E-state index contributed by atoms with van der Waals surface area (Å²) < 4.78 is 5.71. The number of fused-ring (bicyclic) bond motifs is 1. The highest BCUT2D eigenvalue weighted by atomic mass is 127. The number of aryl methyl sites for hydroxylation is 1. The molecule has 1 heterocycles. The maximum absolute atomic E-state index is 3.40. The predicted molar refractivity (Wildman–Crippen MR) is 54.0 cm³/mol. The van der Waals surface area contributed by atoms with Crippen molar-refractivity contribution in [1.29, 1.82) is 0 Å². The van der Waals surface area contributed by atoms with Crippen LogP contribution in [0.3, 0.4) is 0 Å². The molecule has 1 aromatic carbocycles. The standard InChI is InChI=1S/C8H8IN/c1-6-2-3-7-5-9-10-8(7)4-6/h2-5,10H,1H3. The molecule has 2 heteroatoms. The molecule has 0 aliphatic carbocycles. The van der Waals surface area contributed by atoms with Crippen LogP contribution in [0.1, 0.15) is 11.1 Å². The number of hydrogen-bond donors (Lipinski definition) is 1. The van der Waals surface area contributed by atoms with Crippen molar-refractivity contribution in [3.63, 3.8) is 0 Å². The van der Waals surface area contributed by atoms with Crippen molar-refractivity contribution < 1.29 is 0 Å². The first kappa shape index (κ1) is 6.34. The second-order valence-electron chi connectivity index (χ2n) is 2.40. The van der Waals surface area contributed by atoms with Crippen LogP contribution in [0.5, 0.6) is 0 Å². The van der Waals surface area contributed by atoms with Crippen LogP contribution in [-0.4, -0.2) is 4.01 Å². The molecule has 0 spiro atoms. The Morgan fingerprint density at radius 3 is 3.20 bits per heavy atom. The molecule has 2 rings (SSSR count). The van der Waals surface area contributed by atoms with Gasteiger partial charge in [0.05, 0.1) is 5.69 Å². The first-order valence-electron chi connectivity index (χ1n) is 3.18. The molecule has 10 heavy (non-hydrogen) atoms. The highest BCUT2D eigenvalue weighted by Gasteiger charge is 2.02. The zero-order chi connectivity index (χ0) is 6.97. The molecule has 52 valence electrons. The third-order valence-electron chi connectivity index (χ3n) is 1.54. The summed E-state index contributed by atoms with van der Waals surface area (Å²) >= 11 is 0.125. The van der Waals surface area contributed by atoms with Crippen LogP contribution in [-0.2, 0) is 0 Å². The number of halogens is 1. The van der Waals surface area contributed by atoms with E-state index in [9.17, 15) is 0 Å². The number of nitrogens with one attached hydrogen (secondary N) is 1. The van der Waals surface area contributed by atoms with Crippen LogP contribution in [0.15, 0.2) is 18.2 Å². The summed E-state index contributed by atoms with van der Waals surface area (Å²) in [5.41, 5.74) is 4.05. The summed E-state index contributed by atoms with van der Waals surface area (Å²) in [5.74, 6) is 0. The lowest BCUT2D eigenvalue weighted by Gasteiger charge is -1.98. The molecule has 1 nitrogen and oxygen atoms in total. The van der Waals surface area contributed by atoms with Gasteiger partial charge in [-0.3, -0.25) is 0 Å². The summed E-state index contributed by atoms with van der Waals surface area (Å²) in [5, 5.41) is 0. The van der Waals surface area contributed by atoms with E-state index in [0.29, 0.717) is 0 Å². The Labute approximate surface area is 70.6 Å². The third kappa shape index (κ3) is 0.963. The van der Waals surface area contributed by atoms with Crippen molar-refractivity contribution in [1.82, 2.24) is 0 Å². The second-order valence-corrected chi connectivity index (χ2v) is 4.19. The molecule has 0 radical (unpaired) electrons. The van der Waals surface area contributed by atoms with Gasteiger partial charge in [0.2, 0.25) is 0 Å². The van der Waals surface area contributed by atoms with Crippen molar-refractivity contribution in [2.45, 2.75) is 6.92 Å². The zero-order valence-corrected chi connectivity index (χ0v) is 7.84. The minimum atomic E-state index is 0.125. The van der Waals surface area contributed by atoms with E-state index < -0.39 is 0 Å². The molecule has 1 N–H and O–H groups in total. The normalized spacial score (nSPS) is 13.7. The van der Waals surface area contributed by atoms with Crippen molar-refractivity contribution in [3.8, 4) is 0 Å². The van der Waals surface area contributed by atoms with E-state index >= 15 is 0 Å². The van der Waals surface area contributed by atoms with E-state index in [1.165, 1.54) is 16.8 Å². The van der Waals surface area contributed by atoms with Crippen LogP contribution < -0.4 is 3.53 Å². The van der Waals surface area contributed by atoms with Gasteiger partial charge in [0.15, 0.2) is 0 Å². The van der Waals surface area contributed by atoms with Gasteiger partial charge in [-0.2, -0.15) is 0 Å². The fraction of sp³-hybridized carbons (Fsp3) is 0.125. The Kier molecular flexibility index (Phi) is 1.48. The smallest absolute Gasteiger partial charge is 0.0504 e. The van der Waals surface area contributed by atoms with E-state index in [4.69, 9.17) is 0 Å². The van der Waals surface area contributed by atoms with Crippen molar-refractivity contribution in [2.24, 2.45) is 0 Å². The van der Waals surface area contributed by atoms with Gasteiger partial charge in [0, 0.05) is 5.56 Å². The molecule has 0 atom stereocenters. The third-order valence-corrected chi connectivity index (χ3v) is 3.41. The molecule has 0 aromatic heterocycles. The maximum Gasteiger partial charge on any atom is 0.0504 e. The Bertz CT molecular complexity index is 291. The molecule has 0 amide bonds. The fourth-order valence-corrected chi connectivity index (χ4v) is 2.83. The number of benzene rings is 1. The molecule has 0 unspecified atom stereocenters. The largest absolute Gasteiger partial charge is 0.333 e. The maximum atomic E-state index is 3.40. The highest BCUT2D eigenvalue weighted by Crippen LogP contribution is 2.25. The Morgan fingerprint density at radius 1 is 1.40 bits per heavy atom. The van der Waals surface area contributed by atoms with Gasteiger partial charge >= 0.3 is 0 Å². The van der Waals surface area contributed by atoms with E-state index in [1.54, 1.807) is 0 Å². The molecule has 0 saturated carbocycles. The Hall–Kier alpha value is -0.380. The molecule has 1 aromatic rings. The lowest BCUT2D eigenvalue weighted by Crippen LogP contribution is -1.82. The first-order valence-corrected chi connectivity index (χ1v) is 5.51. The zero-order valence-electron chi connectivity index (χ0n) is 5.69. The van der Waals surface area contributed by atoms with E-state index in [2.05, 4.69) is 32.7 Å². The minimum Gasteiger partial charge on any atom is -0.333 e. The van der Waals surface area contributed by atoms with Crippen LogP contribution >= 0.6 is 21.0 Å². The number of hydrogen-bond acceptors (Lipinski definition) is 1. The first-order chi connectivity index (χ1) is 4.86. The average Bonchev–Trinajstić information content (AvgIpc) is 2.33. The summed E-state index contributed by atoms with van der Waals surface area (Å²) in [7, 11) is 0. The van der Waals surface area contributed by atoms with Crippen LogP contribution in [0.25, 0.3) is 0 Å². The number of anilines is 1. The second kappa shape index (κ2) is 2.34. The topological polar surface area (TPSA) is 12.0 Å². The molecule has 1 aliphatic rings. The predicted octanol–water partition coefficient (Wildman–Crippen LogP) is 2.46. The monoisotopic (exact) mass is 245 g/mol. The average molecular weight is 245 g/mol. The van der Waals surface area contributed by atoms with E-state index in [0.717, 1.165) is 0 Å². The Morgan fingerprint density at radius 2 is 2.30 bits per heavy atom. The minimum absolute atomic E-state index is 0.125. The van der Waals surface area contributed by atoms with Gasteiger partial charge < -0.3 is 3.53 Å². The lowest BCUT2D eigenvalue weighted by atomic mass is 10.1. The van der Waals surface area contributed by atoms with Crippen LogP contribution in [0, 0.1) is 6.92 Å². The van der Waals surface area contributed by atoms with Crippen molar-refractivity contribution in [3.05, 3.63) is 29.3 Å². The van der Waals surface area contributed by atoms with Gasteiger partial charge in [-0.25, -0.2) is 0 Å². The van der Waals surface area contributed by atoms with Crippen LogP contribution in [0.4, 0.5) is 5.69 Å². The van der Waals surface area contributed by atoms with Gasteiger partial charge in [0.25, 0.3) is 0 Å². The van der Waals surface area contributed by atoms with Gasteiger partial charge in [-0.15, -0.1) is 0 Å². The van der Waals surface area contributed by atoms with Gasteiger partial charge in [0.1, 0.15) is 0 Å². The molecular formula is C8H8IN. The SMILES string of the molecule is Cc1ccc2c(c1)NI=C2. The van der Waals surface area contributed by atoms with E-state index in [-0.39, 0.29) is 21.0 Å². The molecule has 0 bridgehead atoms. The summed E-state index contributed by atoms with van der Waals surface area (Å²) in [6.07, 6.45) is 0. The number of rotatable bonds is 0. The molecule has 0 saturated heterocycles. The molecular weight excluding hydrogens is 237 g/mol. The van der Waals surface area contributed by atoms with Crippen molar-refractivity contribution >= 4 is 30.7 Å².